The predicted molar refractivity (Wildman–Crippen MR) is 102 cm³/mol. The first kappa shape index (κ1) is 18.4. The summed E-state index contributed by atoms with van der Waals surface area (Å²) in [5.74, 6) is 0.707. The van der Waals surface area contributed by atoms with Gasteiger partial charge in [0, 0.05) is 36.2 Å². The molecule has 1 aliphatic heterocycles. The maximum atomic E-state index is 12.1. The summed E-state index contributed by atoms with van der Waals surface area (Å²) in [4.78, 5) is 22.3. The number of anilines is 2. The van der Waals surface area contributed by atoms with E-state index >= 15 is 0 Å². The highest BCUT2D eigenvalue weighted by molar-refractivity contribution is 6.00. The molecule has 3 rings (SSSR count). The average Bonchev–Trinajstić information content (AvgIpc) is 2.62. The van der Waals surface area contributed by atoms with Crippen LogP contribution in [0.4, 0.5) is 21.9 Å². The molecule has 0 saturated carbocycles. The van der Waals surface area contributed by atoms with Gasteiger partial charge in [0.25, 0.3) is 5.69 Å². The molecule has 8 heteroatoms. The number of nitro groups is 1. The lowest BCUT2D eigenvalue weighted by molar-refractivity contribution is -0.384. The number of amides is 2. The Kier molecular flexibility index (Phi) is 5.09. The first-order valence-electron chi connectivity index (χ1n) is 8.22. The fourth-order valence-corrected chi connectivity index (χ4v) is 2.72. The number of benzene rings is 2. The summed E-state index contributed by atoms with van der Waals surface area (Å²) in [5.41, 5.74) is 1.33. The lowest BCUT2D eigenvalue weighted by Crippen LogP contribution is -2.36. The molecule has 140 valence electrons. The second-order valence-corrected chi connectivity index (χ2v) is 6.32. The Bertz CT molecular complexity index is 895. The number of fused-ring (bicyclic) bond motifs is 1. The van der Waals surface area contributed by atoms with Gasteiger partial charge < -0.3 is 20.1 Å². The van der Waals surface area contributed by atoms with Crippen molar-refractivity contribution in [3.8, 4) is 5.75 Å². The number of hydrogen-bond acceptors (Lipinski definition) is 5. The third-order valence-electron chi connectivity index (χ3n) is 3.99. The first-order chi connectivity index (χ1) is 12.9. The molecule has 0 fully saturated rings. The molecule has 1 heterocycles. The highest BCUT2D eigenvalue weighted by Crippen LogP contribution is 2.33. The van der Waals surface area contributed by atoms with Crippen molar-refractivity contribution in [2.75, 3.05) is 24.4 Å². The van der Waals surface area contributed by atoms with Crippen molar-refractivity contribution >= 4 is 29.2 Å². The molecule has 0 aromatic heterocycles. The molecule has 8 nitrogen and oxygen atoms in total. The largest absolute Gasteiger partial charge is 0.480 e. The van der Waals surface area contributed by atoms with Crippen LogP contribution < -0.4 is 15.4 Å². The third-order valence-corrected chi connectivity index (χ3v) is 3.99. The van der Waals surface area contributed by atoms with Crippen molar-refractivity contribution in [1.29, 1.82) is 0 Å². The van der Waals surface area contributed by atoms with Gasteiger partial charge in [-0.1, -0.05) is 6.08 Å². The smallest absolute Gasteiger partial charge is 0.323 e. The average molecular weight is 369 g/mol. The summed E-state index contributed by atoms with van der Waals surface area (Å²) in [7, 11) is 1.62. The number of non-ortho nitro benzene ring substituents is 1. The van der Waals surface area contributed by atoms with Crippen LogP contribution >= 0.6 is 0 Å². The van der Waals surface area contributed by atoms with E-state index in [0.29, 0.717) is 23.7 Å². The molecule has 27 heavy (non-hydrogen) atoms. The quantitative estimate of drug-likeness (QED) is 0.611. The number of methoxy groups -OCH3 is 1. The first-order valence-corrected chi connectivity index (χ1v) is 8.22. The number of ether oxygens (including phenoxy) is 2. The van der Waals surface area contributed by atoms with Crippen molar-refractivity contribution in [2.24, 2.45) is 0 Å². The van der Waals surface area contributed by atoms with Gasteiger partial charge in [0.2, 0.25) is 0 Å². The van der Waals surface area contributed by atoms with Crippen molar-refractivity contribution in [2.45, 2.75) is 12.5 Å². The summed E-state index contributed by atoms with van der Waals surface area (Å²) < 4.78 is 11.1. The van der Waals surface area contributed by atoms with Crippen LogP contribution in [0.3, 0.4) is 0 Å². The maximum Gasteiger partial charge on any atom is 0.323 e. The van der Waals surface area contributed by atoms with Crippen LogP contribution in [-0.2, 0) is 4.74 Å². The molecule has 1 aliphatic rings. The molecule has 2 amide bonds. The van der Waals surface area contributed by atoms with E-state index < -0.39 is 16.6 Å². The van der Waals surface area contributed by atoms with Crippen LogP contribution in [-0.4, -0.2) is 30.3 Å². The van der Waals surface area contributed by atoms with Crippen molar-refractivity contribution in [1.82, 2.24) is 0 Å². The number of nitrogens with one attached hydrogen (secondary N) is 2. The van der Waals surface area contributed by atoms with Gasteiger partial charge in [-0.25, -0.2) is 4.79 Å². The van der Waals surface area contributed by atoms with E-state index in [2.05, 4.69) is 10.6 Å². The van der Waals surface area contributed by atoms with E-state index in [1.165, 1.54) is 24.3 Å². The second kappa shape index (κ2) is 7.46. The van der Waals surface area contributed by atoms with Crippen LogP contribution in [0, 0.1) is 10.1 Å². The molecular weight excluding hydrogens is 350 g/mol. The van der Waals surface area contributed by atoms with Crippen molar-refractivity contribution < 1.29 is 19.2 Å². The van der Waals surface area contributed by atoms with E-state index in [9.17, 15) is 14.9 Å². The monoisotopic (exact) mass is 369 g/mol. The van der Waals surface area contributed by atoms with Crippen LogP contribution in [0.1, 0.15) is 12.5 Å². The molecule has 0 saturated heterocycles. The standard InChI is InChI=1S/C19H19N3O5/c1-19(12-26-2)10-9-13-11-15(5-8-17(13)27-19)21-18(23)20-14-3-6-16(7-4-14)22(24)25/h3-11H,12H2,1-2H3,(H2,20,21,23). The number of carbonyl (C=O) groups excluding carboxylic acids is 1. The van der Waals surface area contributed by atoms with Gasteiger partial charge in [0.05, 0.1) is 11.5 Å². The Morgan fingerprint density at radius 2 is 1.85 bits per heavy atom. The fourth-order valence-electron chi connectivity index (χ4n) is 2.72. The molecule has 2 aromatic rings. The van der Waals surface area contributed by atoms with Gasteiger partial charge in [-0.2, -0.15) is 0 Å². The highest BCUT2D eigenvalue weighted by atomic mass is 16.6. The Morgan fingerprint density at radius 1 is 1.19 bits per heavy atom. The Labute approximate surface area is 155 Å². The second-order valence-electron chi connectivity index (χ2n) is 6.32. The van der Waals surface area contributed by atoms with Crippen LogP contribution in [0.2, 0.25) is 0 Å². The molecular formula is C19H19N3O5. The van der Waals surface area contributed by atoms with Gasteiger partial charge in [-0.3, -0.25) is 10.1 Å². The van der Waals surface area contributed by atoms with Gasteiger partial charge in [0.1, 0.15) is 11.4 Å². The van der Waals surface area contributed by atoms with Gasteiger partial charge >= 0.3 is 6.03 Å². The fraction of sp³-hybridized carbons (Fsp3) is 0.211. The lowest BCUT2D eigenvalue weighted by Gasteiger charge is -2.31. The molecule has 0 bridgehead atoms. The molecule has 0 aliphatic carbocycles. The zero-order valence-electron chi connectivity index (χ0n) is 14.9. The number of rotatable bonds is 5. The van der Waals surface area contributed by atoms with Crippen LogP contribution in [0.15, 0.2) is 48.5 Å². The van der Waals surface area contributed by atoms with E-state index in [0.717, 1.165) is 5.56 Å². The molecule has 1 unspecified atom stereocenters. The summed E-state index contributed by atoms with van der Waals surface area (Å²) in [6, 6.07) is 10.5. The molecule has 2 N–H and O–H groups in total. The van der Waals surface area contributed by atoms with Gasteiger partial charge in [-0.15, -0.1) is 0 Å². The summed E-state index contributed by atoms with van der Waals surface area (Å²) in [6.45, 7) is 2.36. The van der Waals surface area contributed by atoms with E-state index in [1.807, 2.05) is 19.1 Å². The molecule has 2 aromatic carbocycles. The van der Waals surface area contributed by atoms with E-state index in [4.69, 9.17) is 9.47 Å². The summed E-state index contributed by atoms with van der Waals surface area (Å²) in [5, 5.41) is 16.0. The number of nitro benzene ring substituents is 1. The molecule has 1 atom stereocenters. The normalized spacial score (nSPS) is 17.6. The zero-order chi connectivity index (χ0) is 19.4. The Hall–Kier alpha value is -3.39. The van der Waals surface area contributed by atoms with Gasteiger partial charge in [0.15, 0.2) is 0 Å². The SMILES string of the molecule is COCC1(C)C=Cc2cc(NC(=O)Nc3ccc([N+](=O)[O-])cc3)ccc2O1. The summed E-state index contributed by atoms with van der Waals surface area (Å²) in [6.07, 6.45) is 3.84. The Balaban J connectivity index is 1.65. The number of nitrogens with zero attached hydrogens (tertiary/aromatic N) is 1. The number of carbonyl (C=O) groups is 1. The lowest BCUT2D eigenvalue weighted by atomic mass is 10.0. The zero-order valence-corrected chi connectivity index (χ0v) is 14.9. The minimum Gasteiger partial charge on any atom is -0.480 e. The highest BCUT2D eigenvalue weighted by Gasteiger charge is 2.27. The number of urea groups is 1. The minimum absolute atomic E-state index is 0.0390. The number of hydrogen-bond donors (Lipinski definition) is 2. The van der Waals surface area contributed by atoms with Crippen molar-refractivity contribution in [3.63, 3.8) is 0 Å². The van der Waals surface area contributed by atoms with E-state index in [-0.39, 0.29) is 5.69 Å². The molecule has 0 spiro atoms. The van der Waals surface area contributed by atoms with Gasteiger partial charge in [-0.05, 0) is 43.3 Å². The maximum absolute atomic E-state index is 12.1. The third kappa shape index (κ3) is 4.42. The predicted octanol–water partition coefficient (Wildman–Crippen LogP) is 4.05. The van der Waals surface area contributed by atoms with Crippen LogP contribution in [0.5, 0.6) is 5.75 Å². The summed E-state index contributed by atoms with van der Waals surface area (Å²) >= 11 is 0. The molecule has 0 radical (unpaired) electrons. The Morgan fingerprint density at radius 3 is 2.52 bits per heavy atom. The van der Waals surface area contributed by atoms with Crippen LogP contribution in [0.25, 0.3) is 6.08 Å². The topological polar surface area (TPSA) is 103 Å². The van der Waals surface area contributed by atoms with Crippen molar-refractivity contribution in [3.05, 3.63) is 64.2 Å². The minimum atomic E-state index is -0.524. The van der Waals surface area contributed by atoms with E-state index in [1.54, 1.807) is 25.3 Å².